The fraction of sp³-hybridized carbons (Fsp3) is 0.576. The van der Waals surface area contributed by atoms with Gasteiger partial charge < -0.3 is 14.6 Å². The van der Waals surface area contributed by atoms with Gasteiger partial charge in [-0.1, -0.05) is 89.9 Å². The van der Waals surface area contributed by atoms with E-state index in [1.165, 1.54) is 64.2 Å². The van der Waals surface area contributed by atoms with E-state index < -0.39 is 24.6 Å². The average Bonchev–Trinajstić information content (AvgIpc) is 2.92. The van der Waals surface area contributed by atoms with Crippen LogP contribution in [0.25, 0.3) is 0 Å². The number of hydrogen-bond donors (Lipinski definition) is 1. The van der Waals surface area contributed by atoms with E-state index in [4.69, 9.17) is 9.47 Å². The molecule has 5 heteroatoms. The molecule has 0 fully saturated rings. The number of carbonyl (C=O) groups is 2. The number of hydrogen-bond acceptors (Lipinski definition) is 5. The Labute approximate surface area is 230 Å². The number of esters is 2. The molecule has 0 aliphatic rings. The third kappa shape index (κ3) is 25.4. The molecule has 0 rings (SSSR count). The van der Waals surface area contributed by atoms with Gasteiger partial charge in [0.25, 0.3) is 0 Å². The number of rotatable bonds is 18. The summed E-state index contributed by atoms with van der Waals surface area (Å²) >= 11 is 0. The third-order valence-electron chi connectivity index (χ3n) is 5.24. The van der Waals surface area contributed by atoms with Crippen LogP contribution in [-0.4, -0.2) is 36.4 Å². The summed E-state index contributed by atoms with van der Waals surface area (Å²) in [6.07, 6.45) is 15.3. The second kappa shape index (κ2) is 27.8. The summed E-state index contributed by atoms with van der Waals surface area (Å²) in [6.45, 7) is 3.19. The van der Waals surface area contributed by atoms with Crippen LogP contribution in [0.3, 0.4) is 0 Å². The molecule has 0 aliphatic heterocycles. The molecule has 0 spiro atoms. The molecule has 0 saturated heterocycles. The lowest BCUT2D eigenvalue weighted by Crippen LogP contribution is -2.28. The van der Waals surface area contributed by atoms with Gasteiger partial charge >= 0.3 is 11.9 Å². The molecule has 1 atom stereocenters. The molecule has 0 aromatic rings. The molecule has 0 aromatic heterocycles. The molecule has 0 unspecified atom stereocenters. The quantitative estimate of drug-likeness (QED) is 0.121. The van der Waals surface area contributed by atoms with Crippen molar-refractivity contribution in [2.45, 2.75) is 110 Å². The van der Waals surface area contributed by atoms with Crippen LogP contribution in [0.1, 0.15) is 104 Å². The fourth-order valence-electron chi connectivity index (χ4n) is 3.26. The maximum Gasteiger partial charge on any atom is 0.385 e. The molecule has 0 amide bonds. The Hall–Kier alpha value is -3.74. The van der Waals surface area contributed by atoms with Crippen molar-refractivity contribution in [3.63, 3.8) is 0 Å². The number of aliphatic hydroxyl groups excluding tert-OH is 1. The Morgan fingerprint density at radius 3 is 1.58 bits per heavy atom. The van der Waals surface area contributed by atoms with Crippen LogP contribution in [0.4, 0.5) is 0 Å². The normalized spacial score (nSPS) is 9.45. The molecule has 0 heterocycles. The van der Waals surface area contributed by atoms with Crippen molar-refractivity contribution in [2.24, 2.45) is 0 Å². The van der Waals surface area contributed by atoms with Gasteiger partial charge in [-0.2, -0.15) is 0 Å². The van der Waals surface area contributed by atoms with Gasteiger partial charge in [0, 0.05) is 12.3 Å². The summed E-state index contributed by atoms with van der Waals surface area (Å²) in [6, 6.07) is 0. The molecular weight excluding hydrogens is 476 g/mol. The van der Waals surface area contributed by atoms with Gasteiger partial charge in [0.1, 0.15) is 6.61 Å². The molecule has 0 bridgehead atoms. The molecule has 202 valence electrons. The van der Waals surface area contributed by atoms with E-state index >= 15 is 0 Å². The Morgan fingerprint density at radius 2 is 1.11 bits per heavy atom. The number of ether oxygens (including phenoxy) is 2. The number of carbonyl (C=O) groups excluding carboxylic acids is 2. The van der Waals surface area contributed by atoms with E-state index in [2.05, 4.69) is 78.0 Å². The van der Waals surface area contributed by atoms with Gasteiger partial charge in [-0.25, -0.2) is 4.79 Å². The highest BCUT2D eigenvalue weighted by atomic mass is 16.6. The van der Waals surface area contributed by atoms with Crippen LogP contribution in [0, 0.1) is 71.0 Å². The van der Waals surface area contributed by atoms with Crippen molar-refractivity contribution < 1.29 is 24.2 Å². The second-order valence-corrected chi connectivity index (χ2v) is 8.51. The Balaban J connectivity index is 3.94. The highest BCUT2D eigenvalue weighted by Gasteiger charge is 2.15. The summed E-state index contributed by atoms with van der Waals surface area (Å²) in [7, 11) is 0. The minimum atomic E-state index is -0.919. The average molecular weight is 517 g/mol. The summed E-state index contributed by atoms with van der Waals surface area (Å²) < 4.78 is 10.1. The Kier molecular flexibility index (Phi) is 25.1. The first kappa shape index (κ1) is 34.3. The standard InChI is InChI=1S/C33H40O5/c1-3-5-7-9-11-13-15-16-18-20-22-24-26-28-33(36)38-31(29-34)30-37-32(35)27-25-23-21-19-17-14-12-10-8-6-4-2/h31,34H,3,5,7,9,11,13,15-16,18,20,22,24,26,28-30H2,1-2H3/t31-/m1/s1. The first-order chi connectivity index (χ1) is 18.6. The van der Waals surface area contributed by atoms with Crippen LogP contribution < -0.4 is 0 Å². The van der Waals surface area contributed by atoms with E-state index in [0.717, 1.165) is 19.3 Å². The first-order valence-corrected chi connectivity index (χ1v) is 13.5. The van der Waals surface area contributed by atoms with Crippen LogP contribution in [0.5, 0.6) is 0 Å². The molecule has 0 aliphatic carbocycles. The van der Waals surface area contributed by atoms with Gasteiger partial charge in [0.05, 0.1) is 6.61 Å². The van der Waals surface area contributed by atoms with Gasteiger partial charge in [-0.15, -0.1) is 0 Å². The van der Waals surface area contributed by atoms with Crippen LogP contribution in [-0.2, 0) is 19.1 Å². The topological polar surface area (TPSA) is 72.8 Å². The highest BCUT2D eigenvalue weighted by Crippen LogP contribution is 2.13. The minimum Gasteiger partial charge on any atom is -0.456 e. The molecular formula is C33H40O5. The molecule has 0 saturated carbocycles. The van der Waals surface area contributed by atoms with Crippen molar-refractivity contribution in [3.05, 3.63) is 0 Å². The zero-order valence-electron chi connectivity index (χ0n) is 23.0. The molecule has 0 radical (unpaired) electrons. The van der Waals surface area contributed by atoms with Crippen LogP contribution in [0.2, 0.25) is 0 Å². The zero-order valence-corrected chi connectivity index (χ0v) is 23.0. The molecule has 5 nitrogen and oxygen atoms in total. The number of unbranched alkanes of at least 4 members (excludes halogenated alkanes) is 12. The molecule has 1 N–H and O–H groups in total. The molecule has 0 aromatic carbocycles. The predicted molar refractivity (Wildman–Crippen MR) is 151 cm³/mol. The van der Waals surface area contributed by atoms with Crippen molar-refractivity contribution >= 4 is 11.9 Å². The second-order valence-electron chi connectivity index (χ2n) is 8.51. The lowest BCUT2D eigenvalue weighted by Gasteiger charge is -2.14. The van der Waals surface area contributed by atoms with Gasteiger partial charge in [0.15, 0.2) is 6.10 Å². The van der Waals surface area contributed by atoms with Gasteiger partial charge in [-0.05, 0) is 72.5 Å². The van der Waals surface area contributed by atoms with Crippen LogP contribution >= 0.6 is 0 Å². The van der Waals surface area contributed by atoms with Gasteiger partial charge in [0.2, 0.25) is 0 Å². The van der Waals surface area contributed by atoms with E-state index in [-0.39, 0.29) is 13.0 Å². The maximum atomic E-state index is 12.0. The van der Waals surface area contributed by atoms with Crippen molar-refractivity contribution in [1.82, 2.24) is 0 Å². The Bertz CT molecular complexity index is 1050. The smallest absolute Gasteiger partial charge is 0.385 e. The Morgan fingerprint density at radius 1 is 0.658 bits per heavy atom. The van der Waals surface area contributed by atoms with E-state index in [1.807, 2.05) is 0 Å². The van der Waals surface area contributed by atoms with E-state index in [0.29, 0.717) is 0 Å². The highest BCUT2D eigenvalue weighted by molar-refractivity contribution is 5.89. The zero-order chi connectivity index (χ0) is 27.9. The monoisotopic (exact) mass is 516 g/mol. The van der Waals surface area contributed by atoms with Crippen LogP contribution in [0.15, 0.2) is 0 Å². The number of aliphatic hydroxyl groups is 1. The van der Waals surface area contributed by atoms with E-state index in [9.17, 15) is 14.7 Å². The fourth-order valence-corrected chi connectivity index (χ4v) is 3.26. The maximum absolute atomic E-state index is 12.0. The summed E-state index contributed by atoms with van der Waals surface area (Å²) in [5, 5.41) is 9.38. The minimum absolute atomic E-state index is 0.277. The summed E-state index contributed by atoms with van der Waals surface area (Å²) in [4.78, 5) is 23.6. The first-order valence-electron chi connectivity index (χ1n) is 13.5. The summed E-state index contributed by atoms with van der Waals surface area (Å²) in [5.41, 5.74) is 0. The lowest BCUT2D eigenvalue weighted by atomic mass is 10.0. The predicted octanol–water partition coefficient (Wildman–Crippen LogP) is 4.96. The van der Waals surface area contributed by atoms with Crippen molar-refractivity contribution in [2.75, 3.05) is 13.2 Å². The van der Waals surface area contributed by atoms with Crippen molar-refractivity contribution in [1.29, 1.82) is 0 Å². The van der Waals surface area contributed by atoms with Crippen molar-refractivity contribution in [3.8, 4) is 71.0 Å². The van der Waals surface area contributed by atoms with Gasteiger partial charge in [-0.3, -0.25) is 4.79 Å². The SMILES string of the molecule is CC#CC#CC#CC#CC#CC#CC(=O)OC[C@@H](CO)OC(=O)CCCCCCCCCCCCCCC. The largest absolute Gasteiger partial charge is 0.456 e. The molecule has 38 heavy (non-hydrogen) atoms. The van der Waals surface area contributed by atoms with E-state index in [1.54, 1.807) is 6.92 Å². The third-order valence-corrected chi connectivity index (χ3v) is 5.24. The summed E-state index contributed by atoms with van der Waals surface area (Å²) in [5.74, 6) is 28.0. The lowest BCUT2D eigenvalue weighted by molar-refractivity contribution is -0.159.